The molecule has 210 valence electrons. The summed E-state index contributed by atoms with van der Waals surface area (Å²) in [5.74, 6) is 3.12. The van der Waals surface area contributed by atoms with Crippen LogP contribution in [0, 0.1) is 29.0 Å². The van der Waals surface area contributed by atoms with Crippen LogP contribution >= 0.6 is 0 Å². The largest absolute Gasteiger partial charge is 0.426 e. The summed E-state index contributed by atoms with van der Waals surface area (Å²) in [7, 11) is 0. The Morgan fingerprint density at radius 1 is 0.950 bits per heavy atom. The average Bonchev–Trinajstić information content (AvgIpc) is 3.36. The van der Waals surface area contributed by atoms with E-state index in [-0.39, 0.29) is 23.0 Å². The number of piperazine rings is 1. The number of halogens is 1. The van der Waals surface area contributed by atoms with Gasteiger partial charge in [0, 0.05) is 44.2 Å². The van der Waals surface area contributed by atoms with E-state index in [1.54, 1.807) is 18.2 Å². The Morgan fingerprint density at radius 2 is 1.62 bits per heavy atom. The summed E-state index contributed by atoms with van der Waals surface area (Å²) >= 11 is 0. The van der Waals surface area contributed by atoms with E-state index in [1.165, 1.54) is 31.4 Å². The van der Waals surface area contributed by atoms with Crippen molar-refractivity contribution in [3.63, 3.8) is 0 Å². The lowest BCUT2D eigenvalue weighted by molar-refractivity contribution is -0.161. The van der Waals surface area contributed by atoms with Crippen LogP contribution in [0.5, 0.6) is 5.75 Å². The SMILES string of the molecule is O=C(CCCN1CCN(c2noc3cc(OC(=O)C45CC6CC(CC(C6)C4)C5)ccc23)CC1)c1ccc(F)cc1. The molecule has 4 saturated carbocycles. The Hall–Kier alpha value is -3.26. The molecule has 7 nitrogen and oxygen atoms in total. The molecule has 1 aliphatic heterocycles. The number of Topliss-reactive ketones (excluding diaryl/α,β-unsaturated/α-hetero) is 1. The third-order valence-electron chi connectivity index (χ3n) is 9.82. The molecular formula is C32H36FN3O4. The van der Waals surface area contributed by atoms with Gasteiger partial charge in [-0.25, -0.2) is 4.39 Å². The number of esters is 1. The van der Waals surface area contributed by atoms with Crippen LogP contribution in [0.2, 0.25) is 0 Å². The maximum Gasteiger partial charge on any atom is 0.317 e. The predicted octanol–water partition coefficient (Wildman–Crippen LogP) is 5.87. The van der Waals surface area contributed by atoms with Gasteiger partial charge in [0.1, 0.15) is 11.6 Å². The van der Waals surface area contributed by atoms with Crippen molar-refractivity contribution >= 4 is 28.5 Å². The molecule has 0 unspecified atom stereocenters. The van der Waals surface area contributed by atoms with Crippen molar-refractivity contribution in [1.82, 2.24) is 10.1 Å². The predicted molar refractivity (Wildman–Crippen MR) is 149 cm³/mol. The number of ketones is 1. The van der Waals surface area contributed by atoms with Gasteiger partial charge in [-0.15, -0.1) is 0 Å². The van der Waals surface area contributed by atoms with Crippen LogP contribution in [-0.2, 0) is 4.79 Å². The lowest BCUT2D eigenvalue weighted by atomic mass is 9.49. The summed E-state index contributed by atoms with van der Waals surface area (Å²) in [6.45, 7) is 4.23. The van der Waals surface area contributed by atoms with Gasteiger partial charge in [0.15, 0.2) is 17.2 Å². The van der Waals surface area contributed by atoms with E-state index in [1.807, 2.05) is 12.1 Å². The van der Waals surface area contributed by atoms with Gasteiger partial charge in [0.25, 0.3) is 0 Å². The Balaban J connectivity index is 0.927. The van der Waals surface area contributed by atoms with Crippen molar-refractivity contribution in [2.45, 2.75) is 51.4 Å². The van der Waals surface area contributed by atoms with Crippen LogP contribution in [0.3, 0.4) is 0 Å². The summed E-state index contributed by atoms with van der Waals surface area (Å²) in [5.41, 5.74) is 0.909. The van der Waals surface area contributed by atoms with Crippen LogP contribution in [0.4, 0.5) is 10.2 Å². The zero-order valence-corrected chi connectivity index (χ0v) is 22.8. The molecule has 4 bridgehead atoms. The Bertz CT molecular complexity index is 1370. The normalized spacial score (nSPS) is 27.8. The molecule has 40 heavy (non-hydrogen) atoms. The molecule has 1 aromatic heterocycles. The van der Waals surface area contributed by atoms with Gasteiger partial charge < -0.3 is 14.2 Å². The van der Waals surface area contributed by atoms with Crippen LogP contribution in [0.1, 0.15) is 61.7 Å². The number of fused-ring (bicyclic) bond motifs is 1. The average molecular weight is 546 g/mol. The van der Waals surface area contributed by atoms with Gasteiger partial charge in [-0.05, 0) is 106 Å². The minimum Gasteiger partial charge on any atom is -0.426 e. The first-order valence-corrected chi connectivity index (χ1v) is 14.8. The zero-order valence-electron chi connectivity index (χ0n) is 22.8. The lowest BCUT2D eigenvalue weighted by Crippen LogP contribution is -2.51. The van der Waals surface area contributed by atoms with E-state index in [9.17, 15) is 14.0 Å². The van der Waals surface area contributed by atoms with Crippen molar-refractivity contribution in [2.24, 2.45) is 23.2 Å². The molecule has 3 aromatic rings. The highest BCUT2D eigenvalue weighted by molar-refractivity contribution is 5.96. The second kappa shape index (κ2) is 10.3. The van der Waals surface area contributed by atoms with E-state index in [2.05, 4.69) is 15.0 Å². The molecule has 0 radical (unpaired) electrons. The lowest BCUT2D eigenvalue weighted by Gasteiger charge is -2.55. The first-order chi connectivity index (χ1) is 19.4. The number of aromatic nitrogens is 1. The number of carbonyl (C=O) groups excluding carboxylic acids is 2. The molecule has 8 rings (SSSR count). The molecule has 0 amide bonds. The first kappa shape index (κ1) is 25.7. The van der Waals surface area contributed by atoms with Crippen LogP contribution in [-0.4, -0.2) is 54.5 Å². The van der Waals surface area contributed by atoms with Crippen molar-refractivity contribution < 1.29 is 23.2 Å². The Labute approximate surface area is 233 Å². The van der Waals surface area contributed by atoms with Crippen molar-refractivity contribution in [3.8, 4) is 5.75 Å². The number of nitrogens with zero attached hydrogens (tertiary/aromatic N) is 3. The van der Waals surface area contributed by atoms with Crippen molar-refractivity contribution in [1.29, 1.82) is 0 Å². The van der Waals surface area contributed by atoms with Crippen LogP contribution in [0.25, 0.3) is 11.0 Å². The fourth-order valence-electron chi connectivity index (χ4n) is 8.20. The number of hydrogen-bond acceptors (Lipinski definition) is 7. The smallest absolute Gasteiger partial charge is 0.317 e. The number of benzene rings is 2. The molecule has 2 aromatic carbocycles. The van der Waals surface area contributed by atoms with Crippen molar-refractivity contribution in [3.05, 3.63) is 53.8 Å². The quantitative estimate of drug-likeness (QED) is 0.199. The monoisotopic (exact) mass is 545 g/mol. The highest BCUT2D eigenvalue weighted by Crippen LogP contribution is 2.60. The molecule has 1 saturated heterocycles. The van der Waals surface area contributed by atoms with Gasteiger partial charge in [0.05, 0.1) is 10.8 Å². The third-order valence-corrected chi connectivity index (χ3v) is 9.82. The molecule has 5 fully saturated rings. The summed E-state index contributed by atoms with van der Waals surface area (Å²) in [4.78, 5) is 30.3. The fourth-order valence-corrected chi connectivity index (χ4v) is 8.20. The first-order valence-electron chi connectivity index (χ1n) is 14.8. The van der Waals surface area contributed by atoms with E-state index in [0.29, 0.717) is 41.1 Å². The molecule has 0 atom stereocenters. The number of carbonyl (C=O) groups is 2. The number of anilines is 1. The third kappa shape index (κ3) is 4.91. The van der Waals surface area contributed by atoms with Gasteiger partial charge in [-0.2, -0.15) is 0 Å². The molecule has 0 spiro atoms. The van der Waals surface area contributed by atoms with Gasteiger partial charge in [-0.1, -0.05) is 5.16 Å². The number of hydrogen-bond donors (Lipinski definition) is 0. The number of ether oxygens (including phenoxy) is 1. The minimum atomic E-state index is -0.328. The second-order valence-electron chi connectivity index (χ2n) is 12.6. The Kier molecular flexibility index (Phi) is 6.61. The van der Waals surface area contributed by atoms with Gasteiger partial charge >= 0.3 is 5.97 Å². The molecule has 4 aliphatic carbocycles. The van der Waals surface area contributed by atoms with E-state index in [4.69, 9.17) is 9.26 Å². The summed E-state index contributed by atoms with van der Waals surface area (Å²) in [6.07, 6.45) is 8.08. The van der Waals surface area contributed by atoms with Gasteiger partial charge in [-0.3, -0.25) is 14.5 Å². The highest BCUT2D eigenvalue weighted by Gasteiger charge is 2.55. The maximum absolute atomic E-state index is 13.4. The molecular weight excluding hydrogens is 509 g/mol. The van der Waals surface area contributed by atoms with E-state index >= 15 is 0 Å². The van der Waals surface area contributed by atoms with Crippen LogP contribution < -0.4 is 9.64 Å². The Morgan fingerprint density at radius 3 is 2.30 bits per heavy atom. The standard InChI is InChI=1S/C32H36FN3O4/c33-25-5-3-24(4-6-25)28(37)2-1-9-35-10-12-36(13-11-35)30-27-8-7-26(17-29(27)40-34-30)39-31(38)32-18-21-14-22(19-32)16-23(15-21)20-32/h3-8,17,21-23H,1-2,9-16,18-20H2. The molecule has 8 heteroatoms. The molecule has 5 aliphatic rings. The summed E-state index contributed by atoms with van der Waals surface area (Å²) < 4.78 is 24.8. The van der Waals surface area contributed by atoms with E-state index < -0.39 is 0 Å². The highest BCUT2D eigenvalue weighted by atomic mass is 19.1. The van der Waals surface area contributed by atoms with E-state index in [0.717, 1.165) is 69.6 Å². The topological polar surface area (TPSA) is 75.9 Å². The van der Waals surface area contributed by atoms with Crippen molar-refractivity contribution in [2.75, 3.05) is 37.6 Å². The summed E-state index contributed by atoms with van der Waals surface area (Å²) in [5, 5.41) is 5.29. The number of rotatable bonds is 8. The summed E-state index contributed by atoms with van der Waals surface area (Å²) in [6, 6.07) is 11.4. The molecule has 0 N–H and O–H groups in total. The maximum atomic E-state index is 13.4. The second-order valence-corrected chi connectivity index (χ2v) is 12.6. The molecule has 2 heterocycles. The fraction of sp³-hybridized carbons (Fsp3) is 0.531. The van der Waals surface area contributed by atoms with Crippen LogP contribution in [0.15, 0.2) is 47.0 Å². The van der Waals surface area contributed by atoms with Gasteiger partial charge in [0.2, 0.25) is 0 Å². The zero-order chi connectivity index (χ0) is 27.3. The minimum absolute atomic E-state index is 0.0516.